The summed E-state index contributed by atoms with van der Waals surface area (Å²) in [6.45, 7) is 3.34. The Morgan fingerprint density at radius 1 is 1.33 bits per heavy atom. The fourth-order valence-electron chi connectivity index (χ4n) is 1.17. The zero-order chi connectivity index (χ0) is 11.1. The zero-order valence-electron chi connectivity index (χ0n) is 8.83. The third-order valence-electron chi connectivity index (χ3n) is 2.07. The number of benzene rings is 1. The summed E-state index contributed by atoms with van der Waals surface area (Å²) in [7, 11) is -0.711. The van der Waals surface area contributed by atoms with Crippen LogP contribution >= 0.6 is 0 Å². The molecule has 0 fully saturated rings. The van der Waals surface area contributed by atoms with Crippen molar-refractivity contribution in [2.45, 2.75) is 13.5 Å². The summed E-state index contributed by atoms with van der Waals surface area (Å²) in [5.74, 6) is 1.17. The Hall–Kier alpha value is -0.740. The monoisotopic (exact) mass is 229 g/mol. The van der Waals surface area contributed by atoms with Gasteiger partial charge in [0.15, 0.2) is 0 Å². The molecule has 1 aromatic carbocycles. The largest absolute Gasteiger partial charge is 0.312 e. The van der Waals surface area contributed by atoms with Crippen molar-refractivity contribution in [3.05, 3.63) is 35.6 Å². The van der Waals surface area contributed by atoms with E-state index in [1.165, 1.54) is 12.1 Å². The van der Waals surface area contributed by atoms with Gasteiger partial charge in [-0.25, -0.2) is 4.39 Å². The van der Waals surface area contributed by atoms with Crippen LogP contribution in [0.2, 0.25) is 0 Å². The minimum absolute atomic E-state index is 0.217. The molecule has 0 bridgehead atoms. The average molecular weight is 229 g/mol. The molecule has 84 valence electrons. The van der Waals surface area contributed by atoms with E-state index in [0.717, 1.165) is 12.1 Å². The molecule has 0 saturated heterocycles. The van der Waals surface area contributed by atoms with Gasteiger partial charge in [-0.05, 0) is 17.7 Å². The SMILES string of the molecule is CCS(=O)CCNCc1ccc(F)cc1. The van der Waals surface area contributed by atoms with Crippen LogP contribution in [0.1, 0.15) is 12.5 Å². The third kappa shape index (κ3) is 5.04. The number of rotatable bonds is 6. The van der Waals surface area contributed by atoms with Gasteiger partial charge in [0.25, 0.3) is 0 Å². The predicted octanol–water partition coefficient (Wildman–Crippen LogP) is 1.68. The maximum Gasteiger partial charge on any atom is 0.123 e. The van der Waals surface area contributed by atoms with Crippen LogP contribution in [0.4, 0.5) is 4.39 Å². The third-order valence-corrected chi connectivity index (χ3v) is 3.37. The van der Waals surface area contributed by atoms with E-state index in [2.05, 4.69) is 5.32 Å². The molecular weight excluding hydrogens is 213 g/mol. The Bertz CT molecular complexity index is 313. The second kappa shape index (κ2) is 6.69. The lowest BCUT2D eigenvalue weighted by atomic mass is 10.2. The number of halogens is 1. The molecule has 4 heteroatoms. The summed E-state index contributed by atoms with van der Waals surface area (Å²) in [6.07, 6.45) is 0. The van der Waals surface area contributed by atoms with Gasteiger partial charge < -0.3 is 5.32 Å². The first kappa shape index (κ1) is 12.3. The summed E-state index contributed by atoms with van der Waals surface area (Å²) in [5.41, 5.74) is 1.04. The van der Waals surface area contributed by atoms with Crippen molar-refractivity contribution >= 4 is 10.8 Å². The molecule has 1 rings (SSSR count). The van der Waals surface area contributed by atoms with E-state index >= 15 is 0 Å². The lowest BCUT2D eigenvalue weighted by Gasteiger charge is -2.04. The summed E-state index contributed by atoms with van der Waals surface area (Å²) < 4.78 is 23.7. The molecule has 0 amide bonds. The van der Waals surface area contributed by atoms with Crippen molar-refractivity contribution in [3.8, 4) is 0 Å². The summed E-state index contributed by atoms with van der Waals surface area (Å²) in [5, 5.41) is 3.17. The van der Waals surface area contributed by atoms with Crippen LogP contribution in [0.25, 0.3) is 0 Å². The Labute approximate surface area is 92.3 Å². The first-order valence-electron chi connectivity index (χ1n) is 5.02. The zero-order valence-corrected chi connectivity index (χ0v) is 9.65. The molecule has 0 aliphatic heterocycles. The Morgan fingerprint density at radius 2 is 2.00 bits per heavy atom. The minimum atomic E-state index is -0.711. The Morgan fingerprint density at radius 3 is 2.60 bits per heavy atom. The van der Waals surface area contributed by atoms with Gasteiger partial charge in [0.1, 0.15) is 5.82 Å². The molecule has 0 aliphatic rings. The molecule has 1 aromatic rings. The maximum atomic E-state index is 12.6. The standard InChI is InChI=1S/C11H16FNOS/c1-2-15(14)8-7-13-9-10-3-5-11(12)6-4-10/h3-6,13H,2,7-9H2,1H3. The van der Waals surface area contributed by atoms with E-state index in [9.17, 15) is 8.60 Å². The molecule has 15 heavy (non-hydrogen) atoms. The van der Waals surface area contributed by atoms with Crippen molar-refractivity contribution in [2.75, 3.05) is 18.1 Å². The lowest BCUT2D eigenvalue weighted by molar-refractivity contribution is 0.625. The van der Waals surface area contributed by atoms with Gasteiger partial charge in [-0.15, -0.1) is 0 Å². The van der Waals surface area contributed by atoms with Gasteiger partial charge in [-0.3, -0.25) is 4.21 Å². The molecule has 2 nitrogen and oxygen atoms in total. The van der Waals surface area contributed by atoms with Crippen LogP contribution < -0.4 is 5.32 Å². The van der Waals surface area contributed by atoms with E-state index < -0.39 is 10.8 Å². The molecule has 1 atom stereocenters. The molecule has 0 heterocycles. The maximum absolute atomic E-state index is 12.6. The first-order valence-corrected chi connectivity index (χ1v) is 6.51. The quantitative estimate of drug-likeness (QED) is 0.752. The highest BCUT2D eigenvalue weighted by Gasteiger charge is 1.96. The van der Waals surface area contributed by atoms with Crippen molar-refractivity contribution in [1.82, 2.24) is 5.32 Å². The predicted molar refractivity (Wildman–Crippen MR) is 61.7 cm³/mol. The summed E-state index contributed by atoms with van der Waals surface area (Å²) in [6, 6.07) is 6.39. The summed E-state index contributed by atoms with van der Waals surface area (Å²) >= 11 is 0. The fraction of sp³-hybridized carbons (Fsp3) is 0.455. The molecule has 0 spiro atoms. The van der Waals surface area contributed by atoms with Crippen molar-refractivity contribution in [2.24, 2.45) is 0 Å². The molecular formula is C11H16FNOS. The highest BCUT2D eigenvalue weighted by molar-refractivity contribution is 7.84. The van der Waals surface area contributed by atoms with Crippen LogP contribution in [0.3, 0.4) is 0 Å². The van der Waals surface area contributed by atoms with Crippen LogP contribution in [-0.2, 0) is 17.3 Å². The fourth-order valence-corrected chi connectivity index (χ4v) is 1.83. The van der Waals surface area contributed by atoms with Crippen LogP contribution in [0.5, 0.6) is 0 Å². The molecule has 0 radical (unpaired) electrons. The second-order valence-electron chi connectivity index (χ2n) is 3.24. The van der Waals surface area contributed by atoms with Crippen LogP contribution in [-0.4, -0.2) is 22.3 Å². The Kier molecular flexibility index (Phi) is 5.50. The minimum Gasteiger partial charge on any atom is -0.312 e. The molecule has 0 aliphatic carbocycles. The summed E-state index contributed by atoms with van der Waals surface area (Å²) in [4.78, 5) is 0. The van der Waals surface area contributed by atoms with Gasteiger partial charge in [0.05, 0.1) is 0 Å². The average Bonchev–Trinajstić information content (AvgIpc) is 2.26. The Balaban J connectivity index is 2.20. The first-order chi connectivity index (χ1) is 7.22. The highest BCUT2D eigenvalue weighted by Crippen LogP contribution is 2.01. The lowest BCUT2D eigenvalue weighted by Crippen LogP contribution is -2.20. The molecule has 0 aromatic heterocycles. The van der Waals surface area contributed by atoms with E-state index in [1.54, 1.807) is 12.1 Å². The smallest absolute Gasteiger partial charge is 0.123 e. The van der Waals surface area contributed by atoms with Crippen LogP contribution in [0, 0.1) is 5.82 Å². The number of nitrogens with one attached hydrogen (secondary N) is 1. The molecule has 1 unspecified atom stereocenters. The molecule has 1 N–H and O–H groups in total. The second-order valence-corrected chi connectivity index (χ2v) is 5.10. The van der Waals surface area contributed by atoms with Gasteiger partial charge >= 0.3 is 0 Å². The van der Waals surface area contributed by atoms with E-state index in [0.29, 0.717) is 18.1 Å². The van der Waals surface area contributed by atoms with E-state index in [1.807, 2.05) is 6.92 Å². The number of hydrogen-bond donors (Lipinski definition) is 1. The van der Waals surface area contributed by atoms with E-state index in [4.69, 9.17) is 0 Å². The van der Waals surface area contributed by atoms with Crippen molar-refractivity contribution < 1.29 is 8.60 Å². The van der Waals surface area contributed by atoms with E-state index in [-0.39, 0.29) is 5.82 Å². The van der Waals surface area contributed by atoms with Gasteiger partial charge in [-0.1, -0.05) is 19.1 Å². The van der Waals surface area contributed by atoms with Crippen molar-refractivity contribution in [3.63, 3.8) is 0 Å². The highest BCUT2D eigenvalue weighted by atomic mass is 32.2. The molecule has 0 saturated carbocycles. The van der Waals surface area contributed by atoms with Gasteiger partial charge in [0, 0.05) is 35.4 Å². The topological polar surface area (TPSA) is 29.1 Å². The normalized spacial score (nSPS) is 12.7. The van der Waals surface area contributed by atoms with Crippen LogP contribution in [0.15, 0.2) is 24.3 Å². The van der Waals surface area contributed by atoms with Crippen molar-refractivity contribution in [1.29, 1.82) is 0 Å². The van der Waals surface area contributed by atoms with Gasteiger partial charge in [-0.2, -0.15) is 0 Å². The number of hydrogen-bond acceptors (Lipinski definition) is 2. The van der Waals surface area contributed by atoms with Gasteiger partial charge in [0.2, 0.25) is 0 Å².